The van der Waals surface area contributed by atoms with Crippen molar-refractivity contribution in [1.29, 1.82) is 5.41 Å². The predicted molar refractivity (Wildman–Crippen MR) is 79.2 cm³/mol. The summed E-state index contributed by atoms with van der Waals surface area (Å²) in [5.41, 5.74) is 5.47. The summed E-state index contributed by atoms with van der Waals surface area (Å²) in [5.74, 6) is 0.541. The van der Waals surface area contributed by atoms with Crippen molar-refractivity contribution >= 4 is 29.8 Å². The Morgan fingerprint density at radius 2 is 1.84 bits per heavy atom. The van der Waals surface area contributed by atoms with Crippen molar-refractivity contribution in [1.82, 2.24) is 0 Å². The molecule has 0 saturated heterocycles. The predicted octanol–water partition coefficient (Wildman–Crippen LogP) is 2.41. The minimum absolute atomic E-state index is 0. The van der Waals surface area contributed by atoms with E-state index in [0.717, 1.165) is 0 Å². The molecule has 19 heavy (non-hydrogen) atoms. The molecule has 0 radical (unpaired) electrons. The average Bonchev–Trinajstić information content (AvgIpc) is 2.26. The van der Waals surface area contributed by atoms with Gasteiger partial charge in [0.25, 0.3) is 0 Å². The molecule has 0 spiro atoms. The van der Waals surface area contributed by atoms with Crippen molar-refractivity contribution in [3.63, 3.8) is 0 Å². The SMILES string of the molecule is CC(C)(C)C(=O)Nc1ccc(OCC(=N)N)cc1.Cl. The number of amides is 1. The fraction of sp³-hybridized carbons (Fsp3) is 0.385. The second-order valence-corrected chi connectivity index (χ2v) is 5.04. The van der Waals surface area contributed by atoms with Crippen molar-refractivity contribution in [2.75, 3.05) is 11.9 Å². The minimum Gasteiger partial charge on any atom is -0.486 e. The van der Waals surface area contributed by atoms with Crippen molar-refractivity contribution in [3.05, 3.63) is 24.3 Å². The van der Waals surface area contributed by atoms with Crippen LogP contribution in [0.2, 0.25) is 0 Å². The molecule has 1 amide bonds. The maximum absolute atomic E-state index is 11.7. The summed E-state index contributed by atoms with van der Waals surface area (Å²) < 4.78 is 5.23. The number of amidine groups is 1. The third-order valence-electron chi connectivity index (χ3n) is 2.19. The molecule has 0 saturated carbocycles. The van der Waals surface area contributed by atoms with E-state index in [-0.39, 0.29) is 30.8 Å². The lowest BCUT2D eigenvalue weighted by Crippen LogP contribution is -2.27. The van der Waals surface area contributed by atoms with Crippen LogP contribution >= 0.6 is 12.4 Å². The van der Waals surface area contributed by atoms with Gasteiger partial charge in [-0.3, -0.25) is 10.2 Å². The van der Waals surface area contributed by atoms with Crippen LogP contribution in [-0.2, 0) is 4.79 Å². The van der Waals surface area contributed by atoms with Gasteiger partial charge in [0, 0.05) is 11.1 Å². The summed E-state index contributed by atoms with van der Waals surface area (Å²) in [6, 6.07) is 6.95. The van der Waals surface area contributed by atoms with E-state index in [4.69, 9.17) is 15.9 Å². The number of carbonyl (C=O) groups is 1. The van der Waals surface area contributed by atoms with Crippen LogP contribution in [-0.4, -0.2) is 18.3 Å². The number of nitrogens with two attached hydrogens (primary N) is 1. The average molecular weight is 286 g/mol. The van der Waals surface area contributed by atoms with E-state index >= 15 is 0 Å². The lowest BCUT2D eigenvalue weighted by atomic mass is 9.95. The fourth-order valence-electron chi connectivity index (χ4n) is 1.11. The van der Waals surface area contributed by atoms with E-state index in [1.54, 1.807) is 24.3 Å². The van der Waals surface area contributed by atoms with E-state index < -0.39 is 5.41 Å². The monoisotopic (exact) mass is 285 g/mol. The molecule has 0 atom stereocenters. The molecule has 1 rings (SSSR count). The van der Waals surface area contributed by atoms with Gasteiger partial charge in [-0.2, -0.15) is 0 Å². The van der Waals surface area contributed by atoms with Crippen molar-refractivity contribution in [2.45, 2.75) is 20.8 Å². The molecule has 4 N–H and O–H groups in total. The second-order valence-electron chi connectivity index (χ2n) is 5.04. The number of anilines is 1. The highest BCUT2D eigenvalue weighted by Gasteiger charge is 2.20. The number of nitrogens with one attached hydrogen (secondary N) is 2. The molecule has 0 aliphatic rings. The van der Waals surface area contributed by atoms with Crippen LogP contribution in [0, 0.1) is 10.8 Å². The summed E-state index contributed by atoms with van der Waals surface area (Å²) in [6.07, 6.45) is 0. The molecule has 0 fully saturated rings. The first-order valence-corrected chi connectivity index (χ1v) is 5.66. The van der Waals surface area contributed by atoms with Gasteiger partial charge in [-0.05, 0) is 24.3 Å². The normalized spacial score (nSPS) is 10.3. The molecule has 0 heterocycles. The smallest absolute Gasteiger partial charge is 0.229 e. The quantitative estimate of drug-likeness (QED) is 0.586. The van der Waals surface area contributed by atoms with Gasteiger partial charge >= 0.3 is 0 Å². The number of hydrogen-bond acceptors (Lipinski definition) is 3. The fourth-order valence-corrected chi connectivity index (χ4v) is 1.11. The molecule has 1 aromatic carbocycles. The van der Waals surface area contributed by atoms with Crippen molar-refractivity contribution in [3.8, 4) is 5.75 Å². The molecule has 0 aliphatic carbocycles. The van der Waals surface area contributed by atoms with E-state index in [1.807, 2.05) is 20.8 Å². The molecule has 0 unspecified atom stereocenters. The maximum Gasteiger partial charge on any atom is 0.229 e. The Kier molecular flexibility index (Phi) is 6.35. The van der Waals surface area contributed by atoms with E-state index in [2.05, 4.69) is 5.32 Å². The first-order chi connectivity index (χ1) is 8.29. The summed E-state index contributed by atoms with van der Waals surface area (Å²) in [7, 11) is 0. The number of benzene rings is 1. The van der Waals surface area contributed by atoms with Crippen molar-refractivity contribution in [2.24, 2.45) is 11.1 Å². The van der Waals surface area contributed by atoms with Crippen LogP contribution in [0.5, 0.6) is 5.75 Å². The highest BCUT2D eigenvalue weighted by Crippen LogP contribution is 2.19. The zero-order valence-corrected chi connectivity index (χ0v) is 12.1. The van der Waals surface area contributed by atoms with Crippen LogP contribution in [0.3, 0.4) is 0 Å². The Morgan fingerprint density at radius 3 is 2.26 bits per heavy atom. The van der Waals surface area contributed by atoms with Crippen LogP contribution in [0.4, 0.5) is 5.69 Å². The zero-order chi connectivity index (χ0) is 13.8. The molecule has 106 valence electrons. The summed E-state index contributed by atoms with van der Waals surface area (Å²) in [5, 5.41) is 9.86. The van der Waals surface area contributed by atoms with Crippen LogP contribution in [0.15, 0.2) is 24.3 Å². The number of ether oxygens (including phenoxy) is 1. The molecule has 5 nitrogen and oxygen atoms in total. The van der Waals surface area contributed by atoms with Gasteiger partial charge in [-0.15, -0.1) is 12.4 Å². The van der Waals surface area contributed by atoms with Gasteiger partial charge in [-0.25, -0.2) is 0 Å². The largest absolute Gasteiger partial charge is 0.486 e. The standard InChI is InChI=1S/C13H19N3O2.ClH/c1-13(2,3)12(17)16-9-4-6-10(7-5-9)18-8-11(14)15;/h4-7H,8H2,1-3H3,(H3,14,15)(H,16,17);1H. The minimum atomic E-state index is -0.427. The number of carbonyl (C=O) groups excluding carboxylic acids is 1. The lowest BCUT2D eigenvalue weighted by molar-refractivity contribution is -0.123. The van der Waals surface area contributed by atoms with E-state index in [1.165, 1.54) is 0 Å². The zero-order valence-electron chi connectivity index (χ0n) is 11.3. The lowest BCUT2D eigenvalue weighted by Gasteiger charge is -2.17. The van der Waals surface area contributed by atoms with E-state index in [0.29, 0.717) is 11.4 Å². The first-order valence-electron chi connectivity index (χ1n) is 5.66. The number of halogens is 1. The molecule has 1 aromatic rings. The highest BCUT2D eigenvalue weighted by molar-refractivity contribution is 5.94. The van der Waals surface area contributed by atoms with Crippen LogP contribution in [0.1, 0.15) is 20.8 Å². The van der Waals surface area contributed by atoms with Gasteiger partial charge < -0.3 is 15.8 Å². The van der Waals surface area contributed by atoms with Gasteiger partial charge in [-0.1, -0.05) is 20.8 Å². The van der Waals surface area contributed by atoms with Crippen molar-refractivity contribution < 1.29 is 9.53 Å². The maximum atomic E-state index is 11.7. The van der Waals surface area contributed by atoms with Crippen LogP contribution in [0.25, 0.3) is 0 Å². The second kappa shape index (κ2) is 6.99. The van der Waals surface area contributed by atoms with Gasteiger partial charge in [0.15, 0.2) is 0 Å². The number of hydrogen-bond donors (Lipinski definition) is 3. The van der Waals surface area contributed by atoms with Crippen LogP contribution < -0.4 is 15.8 Å². The Balaban J connectivity index is 0.00000324. The molecule has 0 bridgehead atoms. The third kappa shape index (κ3) is 6.10. The first kappa shape index (κ1) is 17.2. The summed E-state index contributed by atoms with van der Waals surface area (Å²) in [4.78, 5) is 11.7. The molecular formula is C13H20ClN3O2. The molecule has 0 aliphatic heterocycles. The summed E-state index contributed by atoms with van der Waals surface area (Å²) in [6.45, 7) is 5.62. The molecule has 0 aromatic heterocycles. The van der Waals surface area contributed by atoms with E-state index in [9.17, 15) is 4.79 Å². The Bertz CT molecular complexity index is 438. The Hall–Kier alpha value is -1.75. The Labute approximate surface area is 119 Å². The van der Waals surface area contributed by atoms with Gasteiger partial charge in [0.1, 0.15) is 18.2 Å². The summed E-state index contributed by atoms with van der Waals surface area (Å²) >= 11 is 0. The topological polar surface area (TPSA) is 88.2 Å². The molecular weight excluding hydrogens is 266 g/mol. The number of rotatable bonds is 4. The van der Waals surface area contributed by atoms with Gasteiger partial charge in [0.2, 0.25) is 5.91 Å². The molecule has 6 heteroatoms. The Morgan fingerprint density at radius 1 is 1.32 bits per heavy atom. The highest BCUT2D eigenvalue weighted by atomic mass is 35.5. The van der Waals surface area contributed by atoms with Gasteiger partial charge in [0.05, 0.1) is 0 Å². The third-order valence-corrected chi connectivity index (χ3v) is 2.19.